The Balaban J connectivity index is 1.83. The molecule has 0 unspecified atom stereocenters. The van der Waals surface area contributed by atoms with Crippen LogP contribution in [0.15, 0.2) is 48.6 Å². The molecule has 0 amide bonds. The predicted molar refractivity (Wildman–Crippen MR) is 95.7 cm³/mol. The molecule has 3 heteroatoms. The van der Waals surface area contributed by atoms with Gasteiger partial charge < -0.3 is 10.4 Å². The predicted octanol–water partition coefficient (Wildman–Crippen LogP) is 4.83. The Labute approximate surface area is 142 Å². The first-order chi connectivity index (χ1) is 11.6. The number of rotatable bonds is 2. The third-order valence-corrected chi connectivity index (χ3v) is 5.46. The molecule has 1 aliphatic carbocycles. The summed E-state index contributed by atoms with van der Waals surface area (Å²) in [6.45, 7) is 4.00. The van der Waals surface area contributed by atoms with Crippen LogP contribution in [0.1, 0.15) is 51.0 Å². The van der Waals surface area contributed by atoms with Crippen LogP contribution in [0.3, 0.4) is 0 Å². The summed E-state index contributed by atoms with van der Waals surface area (Å²) in [5.41, 5.74) is 5.94. The molecule has 0 aromatic heterocycles. The van der Waals surface area contributed by atoms with Crippen molar-refractivity contribution >= 4 is 11.7 Å². The number of allylic oxidation sites excluding steroid dienone is 2. The van der Waals surface area contributed by atoms with E-state index in [2.05, 4.69) is 48.7 Å². The second-order valence-corrected chi connectivity index (χ2v) is 6.89. The first-order valence-corrected chi connectivity index (χ1v) is 8.43. The van der Waals surface area contributed by atoms with E-state index in [1.807, 2.05) is 13.0 Å². The number of carboxylic acids is 1. The third kappa shape index (κ3) is 2.23. The Morgan fingerprint density at radius 3 is 2.58 bits per heavy atom. The van der Waals surface area contributed by atoms with Crippen LogP contribution in [0.4, 0.5) is 5.69 Å². The van der Waals surface area contributed by atoms with Crippen LogP contribution in [0.2, 0.25) is 0 Å². The highest BCUT2D eigenvalue weighted by atomic mass is 16.4. The maximum Gasteiger partial charge on any atom is 0.336 e. The van der Waals surface area contributed by atoms with Gasteiger partial charge in [-0.1, -0.05) is 48.0 Å². The molecule has 122 valence electrons. The van der Waals surface area contributed by atoms with E-state index in [0.29, 0.717) is 17.4 Å². The van der Waals surface area contributed by atoms with Crippen molar-refractivity contribution in [1.29, 1.82) is 0 Å². The van der Waals surface area contributed by atoms with Gasteiger partial charge in [0.25, 0.3) is 0 Å². The van der Waals surface area contributed by atoms with Crippen molar-refractivity contribution in [2.24, 2.45) is 5.92 Å². The molecule has 1 heterocycles. The highest BCUT2D eigenvalue weighted by Gasteiger charge is 2.38. The molecule has 0 fully saturated rings. The van der Waals surface area contributed by atoms with E-state index in [1.54, 1.807) is 6.07 Å². The summed E-state index contributed by atoms with van der Waals surface area (Å²) >= 11 is 0. The lowest BCUT2D eigenvalue weighted by Crippen LogP contribution is -2.30. The van der Waals surface area contributed by atoms with Crippen LogP contribution in [0.5, 0.6) is 0 Å². The number of aryl methyl sites for hydroxylation is 1. The summed E-state index contributed by atoms with van der Waals surface area (Å²) in [5, 5.41) is 13.1. The van der Waals surface area contributed by atoms with Crippen LogP contribution in [-0.4, -0.2) is 11.1 Å². The highest BCUT2D eigenvalue weighted by Crippen LogP contribution is 2.50. The minimum Gasteiger partial charge on any atom is -0.478 e. The molecule has 0 radical (unpaired) electrons. The minimum atomic E-state index is -0.868. The van der Waals surface area contributed by atoms with E-state index in [9.17, 15) is 9.90 Å². The molecule has 2 N–H and O–H groups in total. The summed E-state index contributed by atoms with van der Waals surface area (Å²) in [5.74, 6) is -0.0301. The maximum absolute atomic E-state index is 11.5. The van der Waals surface area contributed by atoms with Crippen LogP contribution in [0.25, 0.3) is 0 Å². The molecule has 3 nitrogen and oxygen atoms in total. The number of aromatic carboxylic acids is 1. The molecule has 0 bridgehead atoms. The Bertz CT molecular complexity index is 836. The molecule has 0 spiro atoms. The number of carbonyl (C=O) groups is 1. The van der Waals surface area contributed by atoms with Gasteiger partial charge in [-0.05, 0) is 48.9 Å². The second-order valence-electron chi connectivity index (χ2n) is 6.89. The topological polar surface area (TPSA) is 49.3 Å². The van der Waals surface area contributed by atoms with Gasteiger partial charge in [0.15, 0.2) is 0 Å². The van der Waals surface area contributed by atoms with Gasteiger partial charge in [0.1, 0.15) is 0 Å². The molecule has 3 atom stereocenters. The Morgan fingerprint density at radius 2 is 1.88 bits per heavy atom. The van der Waals surface area contributed by atoms with E-state index in [4.69, 9.17) is 0 Å². The van der Waals surface area contributed by atoms with Crippen molar-refractivity contribution in [1.82, 2.24) is 0 Å². The van der Waals surface area contributed by atoms with Crippen LogP contribution in [0, 0.1) is 19.8 Å². The number of hydrogen-bond acceptors (Lipinski definition) is 2. The quantitative estimate of drug-likeness (QED) is 0.780. The molecule has 2 aromatic rings. The fourth-order valence-corrected chi connectivity index (χ4v) is 4.15. The number of anilines is 1. The van der Waals surface area contributed by atoms with Gasteiger partial charge in [0, 0.05) is 11.6 Å². The van der Waals surface area contributed by atoms with Crippen LogP contribution in [-0.2, 0) is 0 Å². The highest BCUT2D eigenvalue weighted by molar-refractivity contribution is 5.92. The van der Waals surface area contributed by atoms with Gasteiger partial charge in [-0.25, -0.2) is 4.79 Å². The Morgan fingerprint density at radius 1 is 1.12 bits per heavy atom. The van der Waals surface area contributed by atoms with Crippen LogP contribution >= 0.6 is 0 Å². The average molecular weight is 319 g/mol. The maximum atomic E-state index is 11.5. The lowest BCUT2D eigenvalue weighted by Gasteiger charge is -2.38. The Hall–Kier alpha value is -2.55. The monoisotopic (exact) mass is 319 g/mol. The molecule has 24 heavy (non-hydrogen) atoms. The van der Waals surface area contributed by atoms with E-state index >= 15 is 0 Å². The van der Waals surface area contributed by atoms with Crippen molar-refractivity contribution in [3.63, 3.8) is 0 Å². The van der Waals surface area contributed by atoms with Gasteiger partial charge in [-0.3, -0.25) is 0 Å². The number of carboxylic acid groups (broad SMARTS) is 1. The lowest BCUT2D eigenvalue weighted by atomic mass is 9.76. The number of hydrogen-bond donors (Lipinski definition) is 2. The van der Waals surface area contributed by atoms with E-state index in [-0.39, 0.29) is 6.04 Å². The summed E-state index contributed by atoms with van der Waals surface area (Å²) in [4.78, 5) is 11.5. The standard InChI is InChI=1S/C21H21NO2/c1-12-6-8-14(9-7-12)20-17-5-3-4-16(17)18-11-10-15(21(23)24)13(2)19(18)22-20/h3-4,6-11,16-17,20,22H,5H2,1-2H3,(H,23,24)/t16-,17-,20+/m1/s1. The molecule has 0 saturated carbocycles. The van der Waals surface area contributed by atoms with Gasteiger partial charge in [0.2, 0.25) is 0 Å². The van der Waals surface area contributed by atoms with Crippen molar-refractivity contribution < 1.29 is 9.90 Å². The van der Waals surface area contributed by atoms with Gasteiger partial charge in [-0.15, -0.1) is 0 Å². The second kappa shape index (κ2) is 5.52. The fraction of sp³-hybridized carbons (Fsp3) is 0.286. The number of nitrogens with one attached hydrogen (secondary N) is 1. The van der Waals surface area contributed by atoms with E-state index < -0.39 is 5.97 Å². The Kier molecular flexibility index (Phi) is 3.45. The normalized spacial score (nSPS) is 24.2. The van der Waals surface area contributed by atoms with Gasteiger partial charge >= 0.3 is 5.97 Å². The minimum absolute atomic E-state index is 0.209. The molecular weight excluding hydrogens is 298 g/mol. The first kappa shape index (κ1) is 15.0. The SMILES string of the molecule is Cc1ccc([C@@H]2Nc3c(ccc(C(=O)O)c3C)[C@@H]3C=CC[C@H]32)cc1. The van der Waals surface area contributed by atoms with E-state index in [1.165, 1.54) is 16.7 Å². The molecule has 2 aliphatic rings. The zero-order chi connectivity index (χ0) is 16.8. The number of fused-ring (bicyclic) bond motifs is 3. The van der Waals surface area contributed by atoms with E-state index in [0.717, 1.165) is 17.7 Å². The zero-order valence-electron chi connectivity index (χ0n) is 13.9. The number of benzene rings is 2. The largest absolute Gasteiger partial charge is 0.478 e. The smallest absolute Gasteiger partial charge is 0.336 e. The van der Waals surface area contributed by atoms with Crippen molar-refractivity contribution in [3.05, 3.63) is 76.4 Å². The van der Waals surface area contributed by atoms with Crippen LogP contribution < -0.4 is 5.32 Å². The first-order valence-electron chi connectivity index (χ1n) is 8.43. The molecule has 2 aromatic carbocycles. The summed E-state index contributed by atoms with van der Waals surface area (Å²) in [6.07, 6.45) is 5.59. The summed E-state index contributed by atoms with van der Waals surface area (Å²) in [6, 6.07) is 12.6. The summed E-state index contributed by atoms with van der Waals surface area (Å²) < 4.78 is 0. The van der Waals surface area contributed by atoms with Gasteiger partial charge in [0.05, 0.1) is 11.6 Å². The third-order valence-electron chi connectivity index (χ3n) is 5.46. The van der Waals surface area contributed by atoms with Crippen molar-refractivity contribution in [3.8, 4) is 0 Å². The molecule has 0 saturated heterocycles. The van der Waals surface area contributed by atoms with Crippen molar-refractivity contribution in [2.45, 2.75) is 32.2 Å². The molecule has 4 rings (SSSR count). The fourth-order valence-electron chi connectivity index (χ4n) is 4.15. The lowest BCUT2D eigenvalue weighted by molar-refractivity contribution is 0.0696. The molecule has 1 aliphatic heterocycles. The molecular formula is C21H21NO2. The average Bonchev–Trinajstić information content (AvgIpc) is 3.05. The van der Waals surface area contributed by atoms with Gasteiger partial charge in [-0.2, -0.15) is 0 Å². The zero-order valence-corrected chi connectivity index (χ0v) is 13.9. The summed E-state index contributed by atoms with van der Waals surface area (Å²) in [7, 11) is 0. The van der Waals surface area contributed by atoms with Crippen molar-refractivity contribution in [2.75, 3.05) is 5.32 Å².